The number of amides is 1. The third-order valence-corrected chi connectivity index (χ3v) is 5.03. The van der Waals surface area contributed by atoms with Gasteiger partial charge in [0.15, 0.2) is 0 Å². The van der Waals surface area contributed by atoms with Crippen LogP contribution in [0, 0.1) is 10.1 Å². The Morgan fingerprint density at radius 2 is 1.86 bits per heavy atom. The summed E-state index contributed by atoms with van der Waals surface area (Å²) in [5.74, 6) is -0.0654. The zero-order valence-corrected chi connectivity index (χ0v) is 18.7. The highest BCUT2D eigenvalue weighted by atomic mass is 35.5. The number of ether oxygens (including phenoxy) is 1. The molecule has 0 saturated heterocycles. The van der Waals surface area contributed by atoms with E-state index in [1.165, 1.54) is 10.6 Å². The van der Waals surface area contributed by atoms with Gasteiger partial charge in [-0.05, 0) is 48.0 Å². The molecule has 2 aromatic carbocycles. The number of aromatic nitrogens is 3. The molecule has 2 aromatic heterocycles. The number of nitrogens with zero attached hydrogens (tertiary/aromatic N) is 4. The molecule has 11 nitrogen and oxygen atoms in total. The van der Waals surface area contributed by atoms with Crippen molar-refractivity contribution in [2.24, 2.45) is 10.7 Å². The van der Waals surface area contributed by atoms with E-state index < -0.39 is 22.1 Å². The second-order valence-corrected chi connectivity index (χ2v) is 7.64. The molecule has 0 radical (unpaired) electrons. The number of nitrogens with one attached hydrogen (secondary N) is 1. The van der Waals surface area contributed by atoms with Crippen molar-refractivity contribution < 1.29 is 14.5 Å². The van der Waals surface area contributed by atoms with Crippen LogP contribution in [0.15, 0.2) is 82.7 Å². The summed E-state index contributed by atoms with van der Waals surface area (Å²) in [4.78, 5) is 45.7. The van der Waals surface area contributed by atoms with E-state index in [0.717, 1.165) is 6.20 Å². The Bertz CT molecular complexity index is 1530. The maximum Gasteiger partial charge on any atom is 0.350 e. The molecule has 4 rings (SSSR count). The van der Waals surface area contributed by atoms with Crippen LogP contribution in [-0.2, 0) is 6.54 Å². The predicted octanol–water partition coefficient (Wildman–Crippen LogP) is 3.30. The van der Waals surface area contributed by atoms with Crippen LogP contribution in [0.3, 0.4) is 0 Å². The number of nitrogens with two attached hydrogens (primary N) is 1. The van der Waals surface area contributed by atoms with Crippen LogP contribution in [0.1, 0.15) is 16.1 Å². The van der Waals surface area contributed by atoms with E-state index >= 15 is 0 Å². The zero-order chi connectivity index (χ0) is 24.9. The number of primary amides is 1. The second kappa shape index (κ2) is 10.0. The molecule has 35 heavy (non-hydrogen) atoms. The molecule has 0 aliphatic carbocycles. The average molecular weight is 493 g/mol. The molecule has 0 aliphatic rings. The summed E-state index contributed by atoms with van der Waals surface area (Å²) in [6.07, 6.45) is 1.01. The molecular weight excluding hydrogens is 476 g/mol. The molecule has 0 aliphatic heterocycles. The number of aromatic amines is 1. The van der Waals surface area contributed by atoms with Crippen LogP contribution < -0.4 is 21.6 Å². The van der Waals surface area contributed by atoms with E-state index in [4.69, 9.17) is 22.1 Å². The van der Waals surface area contributed by atoms with Gasteiger partial charge in [-0.25, -0.2) is 9.98 Å². The summed E-state index contributed by atoms with van der Waals surface area (Å²) < 4.78 is 6.81. The number of pyridine rings is 1. The summed E-state index contributed by atoms with van der Waals surface area (Å²) in [5, 5.41) is 11.8. The highest BCUT2D eigenvalue weighted by Crippen LogP contribution is 2.22. The molecular formula is C23H17ClN6O5. The fourth-order valence-corrected chi connectivity index (χ4v) is 3.22. The number of hydrogen-bond acceptors (Lipinski definition) is 7. The Kier molecular flexibility index (Phi) is 6.69. The lowest BCUT2D eigenvalue weighted by Gasteiger charge is -2.08. The van der Waals surface area contributed by atoms with Gasteiger partial charge in [-0.2, -0.15) is 0 Å². The Balaban J connectivity index is 1.66. The van der Waals surface area contributed by atoms with Gasteiger partial charge in [-0.3, -0.25) is 24.3 Å². The van der Waals surface area contributed by atoms with Gasteiger partial charge in [0.25, 0.3) is 5.91 Å². The minimum Gasteiger partial charge on any atom is -0.439 e. The van der Waals surface area contributed by atoms with Crippen molar-refractivity contribution in [1.82, 2.24) is 14.5 Å². The first-order valence-electron chi connectivity index (χ1n) is 10.1. The van der Waals surface area contributed by atoms with E-state index in [9.17, 15) is 19.7 Å². The van der Waals surface area contributed by atoms with Gasteiger partial charge in [-0.1, -0.05) is 29.8 Å². The average Bonchev–Trinajstić information content (AvgIpc) is 2.84. The fraction of sp³-hybridized carbons (Fsp3) is 0.0435. The monoisotopic (exact) mass is 492 g/mol. The standard InChI is InChI=1S/C23H17ClN6O5/c24-15-6-4-14(5-7-15)13-29-22(32)19(30(33)34)12-26-23(29)27-16-8-10-17(11-9-16)35-20-3-1-2-18(28-20)21(25)31/h1-12H,13H2,(H2,25,31)(H,26,27). The zero-order valence-electron chi connectivity index (χ0n) is 17.9. The molecule has 0 atom stereocenters. The van der Waals surface area contributed by atoms with Crippen molar-refractivity contribution >= 4 is 28.9 Å². The molecule has 1 amide bonds. The number of carbonyl (C=O) groups excluding carboxylic acids is 1. The number of H-pyrrole nitrogens is 1. The lowest BCUT2D eigenvalue weighted by atomic mass is 10.2. The Hall–Kier alpha value is -4.77. The van der Waals surface area contributed by atoms with E-state index in [1.807, 2.05) is 0 Å². The SMILES string of the molecule is NC(=O)c1cccc(Oc2ccc(/N=c3\[nH]cc([N+](=O)[O-])c(=O)n3Cc3ccc(Cl)cc3)cc2)n1. The number of nitro groups is 1. The van der Waals surface area contributed by atoms with Gasteiger partial charge in [0.2, 0.25) is 11.5 Å². The first kappa shape index (κ1) is 23.4. The summed E-state index contributed by atoms with van der Waals surface area (Å²) >= 11 is 5.92. The lowest BCUT2D eigenvalue weighted by Crippen LogP contribution is -2.36. The number of rotatable bonds is 7. The molecule has 176 valence electrons. The van der Waals surface area contributed by atoms with Gasteiger partial charge >= 0.3 is 11.2 Å². The Morgan fingerprint density at radius 3 is 2.51 bits per heavy atom. The van der Waals surface area contributed by atoms with Crippen molar-refractivity contribution in [3.63, 3.8) is 0 Å². The third-order valence-electron chi connectivity index (χ3n) is 4.78. The van der Waals surface area contributed by atoms with Crippen molar-refractivity contribution in [1.29, 1.82) is 0 Å². The normalized spacial score (nSPS) is 11.3. The third kappa shape index (κ3) is 5.60. The van der Waals surface area contributed by atoms with Crippen LogP contribution in [0.25, 0.3) is 0 Å². The molecule has 0 fully saturated rings. The fourth-order valence-electron chi connectivity index (χ4n) is 3.09. The maximum absolute atomic E-state index is 12.8. The van der Waals surface area contributed by atoms with Gasteiger partial charge in [0.05, 0.1) is 23.4 Å². The van der Waals surface area contributed by atoms with Gasteiger partial charge in [-0.15, -0.1) is 0 Å². The largest absolute Gasteiger partial charge is 0.439 e. The number of benzene rings is 2. The lowest BCUT2D eigenvalue weighted by molar-refractivity contribution is -0.386. The van der Waals surface area contributed by atoms with Crippen LogP contribution in [0.4, 0.5) is 11.4 Å². The second-order valence-electron chi connectivity index (χ2n) is 7.21. The molecule has 0 spiro atoms. The summed E-state index contributed by atoms with van der Waals surface area (Å²) in [7, 11) is 0. The van der Waals surface area contributed by atoms with Gasteiger partial charge < -0.3 is 15.5 Å². The minimum atomic E-state index is -0.803. The molecule has 0 unspecified atom stereocenters. The van der Waals surface area contributed by atoms with Crippen LogP contribution in [0.5, 0.6) is 11.6 Å². The van der Waals surface area contributed by atoms with Crippen molar-refractivity contribution in [3.8, 4) is 11.6 Å². The smallest absolute Gasteiger partial charge is 0.350 e. The van der Waals surface area contributed by atoms with E-state index in [2.05, 4.69) is 15.0 Å². The topological polar surface area (TPSA) is 158 Å². The van der Waals surface area contributed by atoms with E-state index in [1.54, 1.807) is 60.7 Å². The number of hydrogen-bond donors (Lipinski definition) is 2. The summed E-state index contributed by atoms with van der Waals surface area (Å²) in [6.45, 7) is 0.0378. The molecule has 2 heterocycles. The predicted molar refractivity (Wildman–Crippen MR) is 127 cm³/mol. The summed E-state index contributed by atoms with van der Waals surface area (Å²) in [5.41, 5.74) is 5.16. The Labute approximate surface area is 202 Å². The van der Waals surface area contributed by atoms with Crippen LogP contribution in [0.2, 0.25) is 5.02 Å². The number of halogens is 1. The minimum absolute atomic E-state index is 0.0378. The Morgan fingerprint density at radius 1 is 1.14 bits per heavy atom. The van der Waals surface area contributed by atoms with Gasteiger partial charge in [0, 0.05) is 11.1 Å². The first-order chi connectivity index (χ1) is 16.8. The molecule has 0 bridgehead atoms. The van der Waals surface area contributed by atoms with Crippen LogP contribution in [-0.4, -0.2) is 25.4 Å². The molecule has 12 heteroatoms. The van der Waals surface area contributed by atoms with E-state index in [-0.39, 0.29) is 23.7 Å². The molecule has 0 saturated carbocycles. The molecule has 3 N–H and O–H groups in total. The van der Waals surface area contributed by atoms with Crippen LogP contribution >= 0.6 is 11.6 Å². The highest BCUT2D eigenvalue weighted by Gasteiger charge is 2.16. The maximum atomic E-state index is 12.8. The van der Waals surface area contributed by atoms with E-state index in [0.29, 0.717) is 22.0 Å². The number of carbonyl (C=O) groups is 1. The first-order valence-corrected chi connectivity index (χ1v) is 10.5. The van der Waals surface area contributed by atoms with Crippen molar-refractivity contribution in [3.05, 3.63) is 115 Å². The highest BCUT2D eigenvalue weighted by molar-refractivity contribution is 6.30. The molecule has 4 aromatic rings. The van der Waals surface area contributed by atoms with Gasteiger partial charge in [0.1, 0.15) is 11.4 Å². The summed E-state index contributed by atoms with van der Waals surface area (Å²) in [6, 6.07) is 17.9. The van der Waals surface area contributed by atoms with Crippen molar-refractivity contribution in [2.45, 2.75) is 6.54 Å². The quantitative estimate of drug-likeness (QED) is 0.297. The van der Waals surface area contributed by atoms with Crippen molar-refractivity contribution in [2.75, 3.05) is 0 Å².